The average molecular weight is 242 g/mol. The number of aryl methyl sites for hydroxylation is 1. The van der Waals surface area contributed by atoms with Gasteiger partial charge in [0, 0.05) is 12.3 Å². The molecule has 0 N–H and O–H groups in total. The van der Waals surface area contributed by atoms with Gasteiger partial charge in [0.15, 0.2) is 0 Å². The Hall–Kier alpha value is -1.06. The van der Waals surface area contributed by atoms with Gasteiger partial charge in [-0.3, -0.25) is 9.69 Å². The smallest absolute Gasteiger partial charge is 0.243 e. The first-order chi connectivity index (χ1) is 7.70. The van der Waals surface area contributed by atoms with Crippen molar-refractivity contribution in [2.24, 2.45) is 0 Å². The average Bonchev–Trinajstić information content (AvgIpc) is 2.31. The summed E-state index contributed by atoms with van der Waals surface area (Å²) in [5, 5.41) is 0. The van der Waals surface area contributed by atoms with Crippen molar-refractivity contribution in [3.8, 4) is 0 Å². The maximum Gasteiger partial charge on any atom is 0.243 e. The van der Waals surface area contributed by atoms with Crippen LogP contribution in [0.15, 0.2) is 24.3 Å². The van der Waals surface area contributed by atoms with E-state index in [0.29, 0.717) is 6.61 Å². The lowest BCUT2D eigenvalue weighted by Gasteiger charge is -2.23. The Balaban J connectivity index is 2.92. The Morgan fingerprint density at radius 3 is 2.69 bits per heavy atom. The molecule has 1 aromatic carbocycles. The highest BCUT2D eigenvalue weighted by atomic mass is 35.5. The van der Waals surface area contributed by atoms with E-state index in [1.165, 1.54) is 0 Å². The fraction of sp³-hybridized carbons (Fsp3) is 0.417. The number of halogens is 1. The Morgan fingerprint density at radius 1 is 1.44 bits per heavy atom. The Labute approximate surface area is 101 Å². The SMILES string of the molecule is CCOCN(C(=O)CCl)c1ccccc1C. The molecule has 4 heteroatoms. The van der Waals surface area contributed by atoms with Gasteiger partial charge in [-0.15, -0.1) is 11.6 Å². The van der Waals surface area contributed by atoms with Crippen molar-refractivity contribution in [2.75, 3.05) is 24.1 Å². The normalized spacial score (nSPS) is 10.2. The van der Waals surface area contributed by atoms with Crippen LogP contribution in [-0.2, 0) is 9.53 Å². The lowest BCUT2D eigenvalue weighted by molar-refractivity contribution is -0.117. The van der Waals surface area contributed by atoms with Gasteiger partial charge in [-0.2, -0.15) is 0 Å². The number of ether oxygens (including phenoxy) is 1. The summed E-state index contributed by atoms with van der Waals surface area (Å²) in [6.07, 6.45) is 0. The molecule has 0 saturated carbocycles. The van der Waals surface area contributed by atoms with Crippen LogP contribution in [0.3, 0.4) is 0 Å². The molecule has 0 aliphatic carbocycles. The van der Waals surface area contributed by atoms with E-state index in [1.807, 2.05) is 38.1 Å². The van der Waals surface area contributed by atoms with E-state index in [1.54, 1.807) is 4.90 Å². The van der Waals surface area contributed by atoms with Crippen molar-refractivity contribution in [3.63, 3.8) is 0 Å². The highest BCUT2D eigenvalue weighted by Crippen LogP contribution is 2.19. The molecule has 0 fully saturated rings. The van der Waals surface area contributed by atoms with Gasteiger partial charge in [0.1, 0.15) is 12.6 Å². The third-order valence-electron chi connectivity index (χ3n) is 2.25. The zero-order chi connectivity index (χ0) is 12.0. The number of amides is 1. The molecule has 0 bridgehead atoms. The first-order valence-corrected chi connectivity index (χ1v) is 5.73. The quantitative estimate of drug-likeness (QED) is 0.586. The summed E-state index contributed by atoms with van der Waals surface area (Å²) in [5.74, 6) is -0.189. The van der Waals surface area contributed by atoms with Crippen LogP contribution in [0.4, 0.5) is 5.69 Å². The van der Waals surface area contributed by atoms with Crippen LogP contribution in [0, 0.1) is 6.92 Å². The molecule has 0 unspecified atom stereocenters. The van der Waals surface area contributed by atoms with Crippen LogP contribution < -0.4 is 4.90 Å². The van der Waals surface area contributed by atoms with Crippen LogP contribution >= 0.6 is 11.6 Å². The maximum atomic E-state index is 11.7. The molecule has 1 rings (SSSR count). The number of nitrogens with zero attached hydrogens (tertiary/aromatic N) is 1. The Morgan fingerprint density at radius 2 is 2.12 bits per heavy atom. The Kier molecular flexibility index (Phi) is 5.29. The number of hydrogen-bond donors (Lipinski definition) is 0. The molecule has 16 heavy (non-hydrogen) atoms. The van der Waals surface area contributed by atoms with E-state index in [2.05, 4.69) is 0 Å². The van der Waals surface area contributed by atoms with Crippen molar-refractivity contribution >= 4 is 23.2 Å². The standard InChI is InChI=1S/C12H16ClNO2/c1-3-16-9-14(12(15)8-13)11-7-5-4-6-10(11)2/h4-7H,3,8-9H2,1-2H3. The van der Waals surface area contributed by atoms with Crippen LogP contribution in [0.1, 0.15) is 12.5 Å². The third kappa shape index (κ3) is 3.22. The van der Waals surface area contributed by atoms with Crippen molar-refractivity contribution in [3.05, 3.63) is 29.8 Å². The molecule has 3 nitrogen and oxygen atoms in total. The molecule has 0 aliphatic rings. The molecular formula is C12H16ClNO2. The molecule has 0 spiro atoms. The van der Waals surface area contributed by atoms with E-state index in [9.17, 15) is 4.79 Å². The number of carbonyl (C=O) groups excluding carboxylic acids is 1. The van der Waals surface area contributed by atoms with E-state index >= 15 is 0 Å². The molecule has 0 heterocycles. The van der Waals surface area contributed by atoms with Crippen molar-refractivity contribution < 1.29 is 9.53 Å². The molecule has 0 atom stereocenters. The lowest BCUT2D eigenvalue weighted by Crippen LogP contribution is -2.34. The monoisotopic (exact) mass is 241 g/mol. The number of anilines is 1. The van der Waals surface area contributed by atoms with Crippen molar-refractivity contribution in [1.29, 1.82) is 0 Å². The number of rotatable bonds is 5. The van der Waals surface area contributed by atoms with Crippen LogP contribution in [0.25, 0.3) is 0 Å². The van der Waals surface area contributed by atoms with Crippen molar-refractivity contribution in [1.82, 2.24) is 0 Å². The van der Waals surface area contributed by atoms with Gasteiger partial charge < -0.3 is 4.74 Å². The molecule has 0 saturated heterocycles. The summed E-state index contributed by atoms with van der Waals surface area (Å²) in [6, 6.07) is 7.67. The number of benzene rings is 1. The first kappa shape index (κ1) is 13.0. The second-order valence-corrected chi connectivity index (χ2v) is 3.63. The molecular weight excluding hydrogens is 226 g/mol. The van der Waals surface area contributed by atoms with Gasteiger partial charge in [-0.1, -0.05) is 18.2 Å². The van der Waals surface area contributed by atoms with E-state index < -0.39 is 0 Å². The maximum absolute atomic E-state index is 11.7. The molecule has 1 amide bonds. The fourth-order valence-corrected chi connectivity index (χ4v) is 1.54. The lowest BCUT2D eigenvalue weighted by atomic mass is 10.2. The fourth-order valence-electron chi connectivity index (χ4n) is 1.40. The van der Waals surface area contributed by atoms with Gasteiger partial charge in [0.2, 0.25) is 5.91 Å². The minimum Gasteiger partial charge on any atom is -0.361 e. The van der Waals surface area contributed by atoms with Crippen LogP contribution in [0.5, 0.6) is 0 Å². The van der Waals surface area contributed by atoms with Gasteiger partial charge in [-0.05, 0) is 25.5 Å². The summed E-state index contributed by atoms with van der Waals surface area (Å²) in [7, 11) is 0. The summed E-state index contributed by atoms with van der Waals surface area (Å²) >= 11 is 5.58. The van der Waals surface area contributed by atoms with Crippen molar-refractivity contribution in [2.45, 2.75) is 13.8 Å². The van der Waals surface area contributed by atoms with Gasteiger partial charge >= 0.3 is 0 Å². The second-order valence-electron chi connectivity index (χ2n) is 3.36. The van der Waals surface area contributed by atoms with Gasteiger partial charge in [-0.25, -0.2) is 0 Å². The predicted molar refractivity (Wildman–Crippen MR) is 65.9 cm³/mol. The molecule has 1 aromatic rings. The first-order valence-electron chi connectivity index (χ1n) is 5.20. The van der Waals surface area contributed by atoms with Crippen LogP contribution in [-0.4, -0.2) is 25.1 Å². The molecule has 0 aliphatic heterocycles. The molecule has 88 valence electrons. The summed E-state index contributed by atoms with van der Waals surface area (Å²) in [4.78, 5) is 13.2. The number of para-hydroxylation sites is 1. The highest BCUT2D eigenvalue weighted by Gasteiger charge is 2.15. The topological polar surface area (TPSA) is 29.5 Å². The minimum atomic E-state index is -0.149. The number of carbonyl (C=O) groups is 1. The Bertz CT molecular complexity index is 355. The van der Waals surface area contributed by atoms with E-state index in [0.717, 1.165) is 11.3 Å². The summed E-state index contributed by atoms with van der Waals surface area (Å²) < 4.78 is 5.27. The number of alkyl halides is 1. The molecule has 0 aromatic heterocycles. The zero-order valence-electron chi connectivity index (χ0n) is 9.57. The largest absolute Gasteiger partial charge is 0.361 e. The molecule has 0 radical (unpaired) electrons. The number of hydrogen-bond acceptors (Lipinski definition) is 2. The van der Waals surface area contributed by atoms with E-state index in [4.69, 9.17) is 16.3 Å². The summed E-state index contributed by atoms with van der Waals surface area (Å²) in [5.41, 5.74) is 1.88. The second kappa shape index (κ2) is 6.51. The third-order valence-corrected chi connectivity index (χ3v) is 2.47. The minimum absolute atomic E-state index is 0.0403. The van der Waals surface area contributed by atoms with E-state index in [-0.39, 0.29) is 18.5 Å². The van der Waals surface area contributed by atoms with Crippen LogP contribution in [0.2, 0.25) is 0 Å². The summed E-state index contributed by atoms with van der Waals surface area (Å²) in [6.45, 7) is 4.65. The predicted octanol–water partition coefficient (Wildman–Crippen LogP) is 2.56. The van der Waals surface area contributed by atoms with Gasteiger partial charge in [0.25, 0.3) is 0 Å². The zero-order valence-corrected chi connectivity index (χ0v) is 10.3. The highest BCUT2D eigenvalue weighted by molar-refractivity contribution is 6.29. The van der Waals surface area contributed by atoms with Gasteiger partial charge in [0.05, 0.1) is 0 Å².